The molecule has 1 aromatic rings. The first kappa shape index (κ1) is 16.5. The molecule has 128 valence electrons. The summed E-state index contributed by atoms with van der Waals surface area (Å²) in [5.41, 5.74) is 1.07. The van der Waals surface area contributed by atoms with E-state index >= 15 is 0 Å². The predicted molar refractivity (Wildman–Crippen MR) is 86.9 cm³/mol. The number of hydrogen-bond donors (Lipinski definition) is 2. The average molecular weight is 330 g/mol. The van der Waals surface area contributed by atoms with Crippen LogP contribution in [0, 0.1) is 11.8 Å². The number of aliphatic carboxylic acids is 1. The van der Waals surface area contributed by atoms with Crippen LogP contribution in [0.2, 0.25) is 0 Å². The summed E-state index contributed by atoms with van der Waals surface area (Å²) in [7, 11) is 0. The van der Waals surface area contributed by atoms with E-state index in [2.05, 4.69) is 5.32 Å². The summed E-state index contributed by atoms with van der Waals surface area (Å²) in [6.07, 6.45) is 2.09. The van der Waals surface area contributed by atoms with Crippen LogP contribution in [0.25, 0.3) is 0 Å². The number of carboxylic acid groups (broad SMARTS) is 1. The van der Waals surface area contributed by atoms with Crippen LogP contribution in [0.15, 0.2) is 30.3 Å². The Balaban J connectivity index is 1.52. The highest BCUT2D eigenvalue weighted by Crippen LogP contribution is 2.31. The molecule has 2 amide bonds. The minimum Gasteiger partial charge on any atom is -0.481 e. The largest absolute Gasteiger partial charge is 0.481 e. The molecule has 24 heavy (non-hydrogen) atoms. The number of likely N-dealkylation sites (tertiary alicyclic amines) is 1. The summed E-state index contributed by atoms with van der Waals surface area (Å²) in [5, 5.41) is 11.8. The van der Waals surface area contributed by atoms with Crippen molar-refractivity contribution in [2.24, 2.45) is 11.8 Å². The van der Waals surface area contributed by atoms with Crippen LogP contribution in [0.5, 0.6) is 0 Å². The molecule has 1 unspecified atom stereocenters. The molecular formula is C18H22N2O4. The van der Waals surface area contributed by atoms with Gasteiger partial charge in [0.15, 0.2) is 0 Å². The van der Waals surface area contributed by atoms with Gasteiger partial charge in [-0.3, -0.25) is 14.4 Å². The van der Waals surface area contributed by atoms with Crippen molar-refractivity contribution in [3.8, 4) is 0 Å². The van der Waals surface area contributed by atoms with Crippen molar-refractivity contribution >= 4 is 17.8 Å². The molecule has 0 bridgehead atoms. The first-order valence-corrected chi connectivity index (χ1v) is 8.40. The van der Waals surface area contributed by atoms with Crippen LogP contribution in [0.4, 0.5) is 0 Å². The topological polar surface area (TPSA) is 86.7 Å². The van der Waals surface area contributed by atoms with E-state index in [0.29, 0.717) is 38.8 Å². The fraction of sp³-hybridized carbons (Fsp3) is 0.500. The molecule has 6 nitrogen and oxygen atoms in total. The van der Waals surface area contributed by atoms with Crippen molar-refractivity contribution in [1.29, 1.82) is 0 Å². The SMILES string of the molecule is O=C(O)[C@@H]1CC[C@H](C(=O)NC2CCN(Cc3ccccc3)C2=O)C1. The maximum atomic E-state index is 12.4. The zero-order chi connectivity index (χ0) is 17.1. The Morgan fingerprint density at radius 1 is 1.12 bits per heavy atom. The van der Waals surface area contributed by atoms with Gasteiger partial charge < -0.3 is 15.3 Å². The van der Waals surface area contributed by atoms with E-state index in [1.807, 2.05) is 30.3 Å². The highest BCUT2D eigenvalue weighted by molar-refractivity contribution is 5.90. The fourth-order valence-electron chi connectivity index (χ4n) is 3.57. The Hall–Kier alpha value is -2.37. The summed E-state index contributed by atoms with van der Waals surface area (Å²) in [6, 6.07) is 9.28. The molecule has 1 heterocycles. The Bertz CT molecular complexity index is 631. The first-order chi connectivity index (χ1) is 11.5. The van der Waals surface area contributed by atoms with Crippen LogP contribution >= 0.6 is 0 Å². The zero-order valence-corrected chi connectivity index (χ0v) is 13.5. The second kappa shape index (κ2) is 7.03. The highest BCUT2D eigenvalue weighted by atomic mass is 16.4. The van der Waals surface area contributed by atoms with E-state index in [1.54, 1.807) is 4.90 Å². The lowest BCUT2D eigenvalue weighted by molar-refractivity contribution is -0.141. The molecule has 6 heteroatoms. The van der Waals surface area contributed by atoms with E-state index in [0.717, 1.165) is 5.56 Å². The smallest absolute Gasteiger partial charge is 0.306 e. The second-order valence-corrected chi connectivity index (χ2v) is 6.64. The molecular weight excluding hydrogens is 308 g/mol. The van der Waals surface area contributed by atoms with Crippen molar-refractivity contribution in [3.05, 3.63) is 35.9 Å². The number of amides is 2. The van der Waals surface area contributed by atoms with Gasteiger partial charge in [0.25, 0.3) is 0 Å². The number of benzene rings is 1. The lowest BCUT2D eigenvalue weighted by atomic mass is 10.0. The maximum absolute atomic E-state index is 12.4. The molecule has 2 aliphatic rings. The molecule has 0 aromatic heterocycles. The van der Waals surface area contributed by atoms with Crippen LogP contribution in [0.1, 0.15) is 31.2 Å². The average Bonchev–Trinajstić information content (AvgIpc) is 3.19. The Morgan fingerprint density at radius 3 is 2.50 bits per heavy atom. The van der Waals surface area contributed by atoms with Crippen LogP contribution in [-0.2, 0) is 20.9 Å². The molecule has 3 rings (SSSR count). The summed E-state index contributed by atoms with van der Waals surface area (Å²) in [4.78, 5) is 37.5. The third-order valence-corrected chi connectivity index (χ3v) is 4.98. The lowest BCUT2D eigenvalue weighted by Gasteiger charge is -2.18. The third-order valence-electron chi connectivity index (χ3n) is 4.98. The number of rotatable bonds is 5. The molecule has 1 saturated carbocycles. The van der Waals surface area contributed by atoms with Crippen molar-refractivity contribution in [1.82, 2.24) is 10.2 Å². The normalized spacial score (nSPS) is 26.6. The Labute approximate surface area is 140 Å². The number of carbonyl (C=O) groups is 3. The zero-order valence-electron chi connectivity index (χ0n) is 13.5. The second-order valence-electron chi connectivity index (χ2n) is 6.64. The number of carboxylic acids is 1. The van der Waals surface area contributed by atoms with Gasteiger partial charge in [-0.2, -0.15) is 0 Å². The van der Waals surface area contributed by atoms with Gasteiger partial charge in [0.2, 0.25) is 11.8 Å². The molecule has 1 aliphatic carbocycles. The van der Waals surface area contributed by atoms with E-state index in [9.17, 15) is 14.4 Å². The molecule has 1 saturated heterocycles. The Morgan fingerprint density at radius 2 is 1.83 bits per heavy atom. The van der Waals surface area contributed by atoms with Gasteiger partial charge in [-0.05, 0) is 31.2 Å². The van der Waals surface area contributed by atoms with Crippen molar-refractivity contribution in [3.63, 3.8) is 0 Å². The molecule has 1 aromatic carbocycles. The maximum Gasteiger partial charge on any atom is 0.306 e. The molecule has 2 fully saturated rings. The number of hydrogen-bond acceptors (Lipinski definition) is 3. The Kier molecular flexibility index (Phi) is 4.83. The van der Waals surface area contributed by atoms with Gasteiger partial charge in [-0.1, -0.05) is 30.3 Å². The van der Waals surface area contributed by atoms with Gasteiger partial charge in [0.1, 0.15) is 6.04 Å². The standard InChI is InChI=1S/C18H22N2O4/c21-16(13-6-7-14(10-13)18(23)24)19-15-8-9-20(17(15)22)11-12-4-2-1-3-5-12/h1-5,13-15H,6-11H2,(H,19,21)(H,23,24)/t13-,14+,15?/m0/s1. The van der Waals surface area contributed by atoms with Crippen molar-refractivity contribution in [2.45, 2.75) is 38.3 Å². The van der Waals surface area contributed by atoms with Crippen molar-refractivity contribution < 1.29 is 19.5 Å². The summed E-state index contributed by atoms with van der Waals surface area (Å²) in [6.45, 7) is 1.18. The van der Waals surface area contributed by atoms with Crippen LogP contribution in [-0.4, -0.2) is 40.4 Å². The van der Waals surface area contributed by atoms with Gasteiger partial charge >= 0.3 is 5.97 Å². The molecule has 3 atom stereocenters. The van der Waals surface area contributed by atoms with E-state index in [1.165, 1.54) is 0 Å². The summed E-state index contributed by atoms with van der Waals surface area (Å²) in [5.74, 6) is -1.80. The predicted octanol–water partition coefficient (Wildman–Crippen LogP) is 1.40. The molecule has 1 aliphatic heterocycles. The van der Waals surface area contributed by atoms with E-state index in [-0.39, 0.29) is 17.7 Å². The summed E-state index contributed by atoms with van der Waals surface area (Å²) < 4.78 is 0. The van der Waals surface area contributed by atoms with Gasteiger partial charge in [0, 0.05) is 19.0 Å². The molecule has 0 spiro atoms. The van der Waals surface area contributed by atoms with Gasteiger partial charge in [-0.15, -0.1) is 0 Å². The van der Waals surface area contributed by atoms with Crippen LogP contribution in [0.3, 0.4) is 0 Å². The van der Waals surface area contributed by atoms with Crippen LogP contribution < -0.4 is 5.32 Å². The lowest BCUT2D eigenvalue weighted by Crippen LogP contribution is -2.43. The third kappa shape index (κ3) is 3.58. The van der Waals surface area contributed by atoms with Crippen molar-refractivity contribution in [2.75, 3.05) is 6.54 Å². The minimum atomic E-state index is -0.837. The fourth-order valence-corrected chi connectivity index (χ4v) is 3.57. The minimum absolute atomic E-state index is 0.0556. The van der Waals surface area contributed by atoms with Gasteiger partial charge in [-0.25, -0.2) is 0 Å². The van der Waals surface area contributed by atoms with Gasteiger partial charge in [0.05, 0.1) is 5.92 Å². The first-order valence-electron chi connectivity index (χ1n) is 8.40. The molecule has 0 radical (unpaired) electrons. The van der Waals surface area contributed by atoms with E-state index < -0.39 is 17.9 Å². The molecule has 2 N–H and O–H groups in total. The number of nitrogens with zero attached hydrogens (tertiary/aromatic N) is 1. The highest BCUT2D eigenvalue weighted by Gasteiger charge is 2.37. The monoisotopic (exact) mass is 330 g/mol. The van der Waals surface area contributed by atoms with E-state index in [4.69, 9.17) is 5.11 Å². The summed E-state index contributed by atoms with van der Waals surface area (Å²) >= 11 is 0. The number of carbonyl (C=O) groups excluding carboxylic acids is 2. The number of nitrogens with one attached hydrogen (secondary N) is 1. The quantitative estimate of drug-likeness (QED) is 0.854.